The van der Waals surface area contributed by atoms with Crippen LogP contribution in [-0.4, -0.2) is 21.4 Å². The fraction of sp³-hybridized carbons (Fsp3) is 0.192. The van der Waals surface area contributed by atoms with Gasteiger partial charge in [-0.1, -0.05) is 6.07 Å². The highest BCUT2D eigenvalue weighted by Crippen LogP contribution is 2.48. The van der Waals surface area contributed by atoms with Crippen LogP contribution < -0.4 is 15.4 Å². The highest BCUT2D eigenvalue weighted by atomic mass is 32.2. The van der Waals surface area contributed by atoms with E-state index in [2.05, 4.69) is 5.32 Å². The second kappa shape index (κ2) is 9.27. The number of nitrogens with zero attached hydrogens (tertiary/aromatic N) is 1. The molecule has 1 amide bonds. The number of nitrogen functional groups attached to an aromatic ring is 1. The van der Waals surface area contributed by atoms with Crippen LogP contribution in [0.3, 0.4) is 0 Å². The van der Waals surface area contributed by atoms with Crippen molar-refractivity contribution in [2.75, 3.05) is 17.1 Å². The second-order valence-corrected chi connectivity index (χ2v) is 9.68. The van der Waals surface area contributed by atoms with Crippen LogP contribution >= 0.6 is 0 Å². The van der Waals surface area contributed by atoms with E-state index in [9.17, 15) is 22.0 Å². The van der Waals surface area contributed by atoms with Crippen LogP contribution in [0.4, 0.5) is 20.2 Å². The number of fused-ring (bicyclic) bond motifs is 1. The fourth-order valence-electron chi connectivity index (χ4n) is 4.32. The summed E-state index contributed by atoms with van der Waals surface area (Å²) in [4.78, 5) is 12.9. The van der Waals surface area contributed by atoms with Crippen molar-refractivity contribution < 1.29 is 26.4 Å². The quantitative estimate of drug-likeness (QED) is 0.246. The van der Waals surface area contributed by atoms with Gasteiger partial charge in [0.05, 0.1) is 23.5 Å². The smallest absolute Gasteiger partial charge is 0.255 e. The molecule has 3 N–H and O–H groups in total. The maximum absolute atomic E-state index is 14.0. The number of carbonyl (C=O) groups excluding carboxylic acids is 1. The highest BCUT2D eigenvalue weighted by molar-refractivity contribution is 7.74. The van der Waals surface area contributed by atoms with Gasteiger partial charge in [-0.25, -0.2) is 17.2 Å². The van der Waals surface area contributed by atoms with Crippen molar-refractivity contribution >= 4 is 39.1 Å². The summed E-state index contributed by atoms with van der Waals surface area (Å²) in [5, 5.41) is 3.14. The second-order valence-electron chi connectivity index (χ2n) is 8.73. The summed E-state index contributed by atoms with van der Waals surface area (Å²) < 4.78 is 59.6. The molecule has 0 spiro atoms. The Hall–Kier alpha value is -3.92. The molecule has 1 fully saturated rings. The third-order valence-corrected chi connectivity index (χ3v) is 7.04. The molecule has 5 rings (SSSR count). The molecule has 186 valence electrons. The van der Waals surface area contributed by atoms with Crippen LogP contribution in [0.5, 0.6) is 0 Å². The number of benzene rings is 3. The van der Waals surface area contributed by atoms with Gasteiger partial charge in [0.2, 0.25) is 10.9 Å². The van der Waals surface area contributed by atoms with E-state index in [1.54, 1.807) is 18.2 Å². The predicted molar refractivity (Wildman–Crippen MR) is 134 cm³/mol. The van der Waals surface area contributed by atoms with E-state index in [4.69, 9.17) is 10.2 Å². The number of thiol groups is 1. The molecule has 0 unspecified atom stereocenters. The summed E-state index contributed by atoms with van der Waals surface area (Å²) in [5.41, 5.74) is 8.22. The Morgan fingerprint density at radius 3 is 2.44 bits per heavy atom. The molecule has 1 aromatic heterocycles. The van der Waals surface area contributed by atoms with Gasteiger partial charge in [-0.2, -0.15) is 0 Å². The van der Waals surface area contributed by atoms with Crippen molar-refractivity contribution in [3.8, 4) is 11.3 Å². The lowest BCUT2D eigenvalue weighted by atomic mass is 10.00. The minimum absolute atomic E-state index is 0.0254. The fourth-order valence-corrected chi connectivity index (χ4v) is 4.95. The molecular formula is C26H23F2N3O4S. The van der Waals surface area contributed by atoms with Crippen molar-refractivity contribution in [3.63, 3.8) is 0 Å². The Balaban J connectivity index is 1.69. The van der Waals surface area contributed by atoms with Crippen molar-refractivity contribution in [2.45, 2.75) is 25.3 Å². The molecule has 3 aromatic carbocycles. The molecule has 0 radical (unpaired) electrons. The summed E-state index contributed by atoms with van der Waals surface area (Å²) in [6.07, 6.45) is 1.74. The minimum atomic E-state index is -3.10. The molecule has 36 heavy (non-hydrogen) atoms. The van der Waals surface area contributed by atoms with Crippen LogP contribution in [0.2, 0.25) is 0 Å². The third kappa shape index (κ3) is 4.39. The summed E-state index contributed by atoms with van der Waals surface area (Å²) in [6.45, 7) is -0.102. The number of anilines is 2. The van der Waals surface area contributed by atoms with Crippen LogP contribution in [0, 0.1) is 11.6 Å². The Morgan fingerprint density at radius 1 is 1.11 bits per heavy atom. The minimum Gasteiger partial charge on any atom is -0.455 e. The lowest BCUT2D eigenvalue weighted by molar-refractivity contribution is 0.0964. The summed E-state index contributed by atoms with van der Waals surface area (Å²) in [6, 6.07) is 13.1. The van der Waals surface area contributed by atoms with Crippen molar-refractivity contribution in [3.05, 3.63) is 82.9 Å². The molecule has 1 heterocycles. The largest absolute Gasteiger partial charge is 0.455 e. The number of hydrogen-bond donors (Lipinski definition) is 3. The Labute approximate surface area is 207 Å². The third-order valence-electron chi connectivity index (χ3n) is 6.29. The molecule has 0 aliphatic heterocycles. The van der Waals surface area contributed by atoms with Crippen LogP contribution in [0.15, 0.2) is 59.0 Å². The molecule has 4 aromatic rings. The molecule has 10 heteroatoms. The van der Waals surface area contributed by atoms with E-state index >= 15 is 0 Å². The zero-order valence-electron chi connectivity index (χ0n) is 19.3. The molecule has 0 saturated heterocycles. The Bertz CT molecular complexity index is 1550. The van der Waals surface area contributed by atoms with E-state index in [1.165, 1.54) is 47.8 Å². The Morgan fingerprint density at radius 2 is 1.83 bits per heavy atom. The Kier molecular flexibility index (Phi) is 6.13. The average Bonchev–Trinajstić information content (AvgIpc) is 3.64. The maximum Gasteiger partial charge on any atom is 0.255 e. The SMILES string of the molecule is CNC(=O)c1c(-c2ccc(F)cc2)oc2cc(N(Cc3ccc(N)c(F)c3)[SH](=O)=O)c(C3CC3)cc12. The van der Waals surface area contributed by atoms with Crippen molar-refractivity contribution in [2.24, 2.45) is 0 Å². The first kappa shape index (κ1) is 23.8. The highest BCUT2D eigenvalue weighted by Gasteiger charge is 2.32. The van der Waals surface area contributed by atoms with Gasteiger partial charge in [-0.15, -0.1) is 0 Å². The van der Waals surface area contributed by atoms with E-state index in [0.717, 1.165) is 18.4 Å². The molecular weight excluding hydrogens is 488 g/mol. The number of furan rings is 1. The number of halogens is 2. The molecule has 7 nitrogen and oxygen atoms in total. The van der Waals surface area contributed by atoms with E-state index in [0.29, 0.717) is 27.8 Å². The average molecular weight is 512 g/mol. The first-order valence-corrected chi connectivity index (χ1v) is 12.4. The molecule has 0 atom stereocenters. The zero-order valence-corrected chi connectivity index (χ0v) is 20.1. The molecule has 1 aliphatic carbocycles. The summed E-state index contributed by atoms with van der Waals surface area (Å²) in [5.74, 6) is -1.07. The van der Waals surface area contributed by atoms with E-state index in [1.807, 2.05) is 0 Å². The van der Waals surface area contributed by atoms with E-state index < -0.39 is 22.5 Å². The summed E-state index contributed by atoms with van der Waals surface area (Å²) in [7, 11) is -1.60. The molecule has 1 aliphatic rings. The van der Waals surface area contributed by atoms with Crippen molar-refractivity contribution in [1.82, 2.24) is 5.32 Å². The lowest BCUT2D eigenvalue weighted by Gasteiger charge is -2.21. The normalized spacial score (nSPS) is 13.3. The van der Waals surface area contributed by atoms with Gasteiger partial charge < -0.3 is 15.5 Å². The van der Waals surface area contributed by atoms with Crippen LogP contribution in [0.1, 0.15) is 40.2 Å². The van der Waals surface area contributed by atoms with Gasteiger partial charge >= 0.3 is 0 Å². The van der Waals surface area contributed by atoms with Gasteiger partial charge in [0.1, 0.15) is 23.0 Å². The first-order valence-electron chi connectivity index (χ1n) is 11.3. The van der Waals surface area contributed by atoms with Gasteiger partial charge in [-0.05, 0) is 72.4 Å². The van der Waals surface area contributed by atoms with Crippen molar-refractivity contribution in [1.29, 1.82) is 0 Å². The first-order chi connectivity index (χ1) is 17.3. The van der Waals surface area contributed by atoms with Gasteiger partial charge in [0.25, 0.3) is 5.91 Å². The topological polar surface area (TPSA) is 106 Å². The zero-order chi connectivity index (χ0) is 25.6. The number of rotatable bonds is 7. The maximum atomic E-state index is 14.0. The number of carbonyl (C=O) groups is 1. The van der Waals surface area contributed by atoms with Gasteiger partial charge in [0.15, 0.2) is 0 Å². The molecule has 0 bridgehead atoms. The number of nitrogens with one attached hydrogen (secondary N) is 1. The number of hydrogen-bond acceptors (Lipinski definition) is 5. The number of amides is 1. The van der Waals surface area contributed by atoms with Gasteiger partial charge in [0, 0.05) is 24.1 Å². The van der Waals surface area contributed by atoms with Crippen LogP contribution in [0.25, 0.3) is 22.3 Å². The monoisotopic (exact) mass is 511 g/mol. The van der Waals surface area contributed by atoms with E-state index in [-0.39, 0.29) is 35.4 Å². The molecule has 1 saturated carbocycles. The lowest BCUT2D eigenvalue weighted by Crippen LogP contribution is -2.22. The predicted octanol–water partition coefficient (Wildman–Crippen LogP) is 4.73. The summed E-state index contributed by atoms with van der Waals surface area (Å²) >= 11 is 0. The van der Waals surface area contributed by atoms with Crippen LogP contribution in [-0.2, 0) is 17.4 Å². The van der Waals surface area contributed by atoms with Gasteiger partial charge in [-0.3, -0.25) is 9.10 Å². The number of nitrogens with two attached hydrogens (primary N) is 1. The standard InChI is InChI=1S/C26H23F2N3O4S/c1-30-26(32)24-19-11-18(15-3-4-15)22(12-23(19)35-25(24)16-5-7-17(27)8-6-16)31(36(33)34)13-14-2-9-21(29)20(28)10-14/h2,5-12,15,36H,3-4,13,29H2,1H3,(H,30,32).